The molecule has 1 unspecified atom stereocenters. The Bertz CT molecular complexity index is 613. The summed E-state index contributed by atoms with van der Waals surface area (Å²) < 4.78 is 0. The summed E-state index contributed by atoms with van der Waals surface area (Å²) in [4.78, 5) is 2.43. The Morgan fingerprint density at radius 1 is 1.00 bits per heavy atom. The molecule has 1 aliphatic rings. The topological polar surface area (TPSA) is 27.0 Å². The third kappa shape index (κ3) is 2.59. The second-order valence-electron chi connectivity index (χ2n) is 5.28. The Balaban J connectivity index is 1.86. The van der Waals surface area contributed by atoms with E-state index in [-0.39, 0.29) is 6.04 Å². The minimum absolute atomic E-state index is 0.203. The normalized spacial score (nSPS) is 16.1. The minimum Gasteiger partial charge on any atom is -0.291 e. The van der Waals surface area contributed by atoms with Crippen molar-refractivity contribution in [3.05, 3.63) is 71.3 Å². The fourth-order valence-electron chi connectivity index (χ4n) is 3.00. The van der Waals surface area contributed by atoms with E-state index in [2.05, 4.69) is 59.5 Å². The van der Waals surface area contributed by atoms with Crippen molar-refractivity contribution in [2.75, 3.05) is 6.54 Å². The molecule has 2 aromatic carbocycles. The van der Waals surface area contributed by atoms with Crippen LogP contribution < -0.4 is 0 Å². The molecule has 1 atom stereocenters. The lowest BCUT2D eigenvalue weighted by Gasteiger charge is -2.34. The summed E-state index contributed by atoms with van der Waals surface area (Å²) in [5, 5.41) is 9.15. The number of nitrogens with zero attached hydrogens (tertiary/aromatic N) is 2. The lowest BCUT2D eigenvalue weighted by atomic mass is 9.95. The first-order chi connectivity index (χ1) is 9.88. The second kappa shape index (κ2) is 5.90. The number of benzene rings is 2. The van der Waals surface area contributed by atoms with Gasteiger partial charge < -0.3 is 0 Å². The maximum Gasteiger partial charge on any atom is 0.0641 e. The van der Waals surface area contributed by atoms with Gasteiger partial charge in [-0.25, -0.2) is 0 Å². The van der Waals surface area contributed by atoms with Crippen LogP contribution in [0.1, 0.15) is 29.2 Å². The average molecular weight is 262 g/mol. The number of fused-ring (bicyclic) bond motifs is 1. The molecule has 0 N–H and O–H groups in total. The highest BCUT2D eigenvalue weighted by Crippen LogP contribution is 2.29. The van der Waals surface area contributed by atoms with Crippen LogP contribution in [0.2, 0.25) is 0 Å². The van der Waals surface area contributed by atoms with Gasteiger partial charge in [-0.15, -0.1) is 0 Å². The Hall–Kier alpha value is -2.11. The molecule has 2 heteroatoms. The van der Waals surface area contributed by atoms with E-state index in [9.17, 15) is 0 Å². The van der Waals surface area contributed by atoms with E-state index >= 15 is 0 Å². The quantitative estimate of drug-likeness (QED) is 0.843. The molecule has 1 heterocycles. The van der Waals surface area contributed by atoms with Gasteiger partial charge in [0, 0.05) is 19.1 Å². The van der Waals surface area contributed by atoms with Crippen molar-refractivity contribution in [3.8, 4) is 6.07 Å². The standard InChI is InChI=1S/C18H18N2/c19-12-10-18(16-7-2-1-3-8-16)20-13-11-15-6-4-5-9-17(15)14-20/h1-9,18H,10-11,13-14H2. The zero-order valence-corrected chi connectivity index (χ0v) is 11.5. The Morgan fingerprint density at radius 2 is 1.70 bits per heavy atom. The highest BCUT2D eigenvalue weighted by atomic mass is 15.2. The molecule has 0 aromatic heterocycles. The SMILES string of the molecule is N#CCC(c1ccccc1)N1CCc2ccccc2C1. The van der Waals surface area contributed by atoms with Crippen LogP contribution in [0.25, 0.3) is 0 Å². The monoisotopic (exact) mass is 262 g/mol. The summed E-state index contributed by atoms with van der Waals surface area (Å²) in [5.74, 6) is 0. The molecule has 0 radical (unpaired) electrons. The predicted octanol–water partition coefficient (Wildman–Crippen LogP) is 3.70. The van der Waals surface area contributed by atoms with E-state index in [1.807, 2.05) is 6.07 Å². The Morgan fingerprint density at radius 3 is 2.45 bits per heavy atom. The van der Waals surface area contributed by atoms with E-state index in [0.29, 0.717) is 6.42 Å². The molecule has 0 amide bonds. The highest BCUT2D eigenvalue weighted by Gasteiger charge is 2.24. The summed E-state index contributed by atoms with van der Waals surface area (Å²) in [6.07, 6.45) is 1.62. The molecule has 2 aromatic rings. The molecule has 0 aliphatic carbocycles. The van der Waals surface area contributed by atoms with Gasteiger partial charge in [0.1, 0.15) is 0 Å². The third-order valence-electron chi connectivity index (χ3n) is 4.07. The van der Waals surface area contributed by atoms with Gasteiger partial charge >= 0.3 is 0 Å². The first-order valence-electron chi connectivity index (χ1n) is 7.11. The van der Waals surface area contributed by atoms with Gasteiger partial charge in [0.25, 0.3) is 0 Å². The Labute approximate surface area is 120 Å². The van der Waals surface area contributed by atoms with Crippen LogP contribution in [-0.2, 0) is 13.0 Å². The molecule has 0 spiro atoms. The molecule has 1 aliphatic heterocycles. The van der Waals surface area contributed by atoms with Crippen LogP contribution in [0, 0.1) is 11.3 Å². The Kier molecular flexibility index (Phi) is 3.80. The average Bonchev–Trinajstić information content (AvgIpc) is 2.53. The maximum absolute atomic E-state index is 9.15. The van der Waals surface area contributed by atoms with Gasteiger partial charge in [0.2, 0.25) is 0 Å². The van der Waals surface area contributed by atoms with Crippen molar-refractivity contribution < 1.29 is 0 Å². The summed E-state index contributed by atoms with van der Waals surface area (Å²) in [5.41, 5.74) is 4.10. The van der Waals surface area contributed by atoms with Crippen molar-refractivity contribution in [2.45, 2.75) is 25.4 Å². The van der Waals surface area contributed by atoms with Crippen LogP contribution in [0.4, 0.5) is 0 Å². The third-order valence-corrected chi connectivity index (χ3v) is 4.07. The zero-order valence-electron chi connectivity index (χ0n) is 11.5. The van der Waals surface area contributed by atoms with Crippen LogP contribution >= 0.6 is 0 Å². The van der Waals surface area contributed by atoms with Gasteiger partial charge in [-0.1, -0.05) is 54.6 Å². The molecule has 100 valence electrons. The van der Waals surface area contributed by atoms with E-state index in [1.54, 1.807) is 0 Å². The smallest absolute Gasteiger partial charge is 0.0641 e. The number of hydrogen-bond acceptors (Lipinski definition) is 2. The zero-order chi connectivity index (χ0) is 13.8. The summed E-state index contributed by atoms with van der Waals surface area (Å²) in [7, 11) is 0. The summed E-state index contributed by atoms with van der Waals surface area (Å²) in [6, 6.07) is 21.6. The molecule has 20 heavy (non-hydrogen) atoms. The first kappa shape index (κ1) is 12.9. The van der Waals surface area contributed by atoms with Gasteiger partial charge in [-0.05, 0) is 23.1 Å². The molecule has 2 nitrogen and oxygen atoms in total. The van der Waals surface area contributed by atoms with Gasteiger partial charge in [0.05, 0.1) is 12.5 Å². The van der Waals surface area contributed by atoms with E-state index in [1.165, 1.54) is 16.7 Å². The molecular formula is C18H18N2. The molecule has 0 saturated carbocycles. The van der Waals surface area contributed by atoms with Crippen molar-refractivity contribution in [3.63, 3.8) is 0 Å². The molecule has 3 rings (SSSR count). The summed E-state index contributed by atoms with van der Waals surface area (Å²) >= 11 is 0. The maximum atomic E-state index is 9.15. The number of nitriles is 1. The molecule has 0 saturated heterocycles. The van der Waals surface area contributed by atoms with Crippen LogP contribution in [0.3, 0.4) is 0 Å². The lowest BCUT2D eigenvalue weighted by Crippen LogP contribution is -2.34. The van der Waals surface area contributed by atoms with Crippen LogP contribution in [0.5, 0.6) is 0 Å². The van der Waals surface area contributed by atoms with Gasteiger partial charge in [-0.2, -0.15) is 5.26 Å². The largest absolute Gasteiger partial charge is 0.291 e. The molecule has 0 bridgehead atoms. The molecule has 0 fully saturated rings. The van der Waals surface area contributed by atoms with Gasteiger partial charge in [-0.3, -0.25) is 4.90 Å². The fourth-order valence-corrected chi connectivity index (χ4v) is 3.00. The van der Waals surface area contributed by atoms with Crippen molar-refractivity contribution in [1.82, 2.24) is 4.90 Å². The van der Waals surface area contributed by atoms with Gasteiger partial charge in [0.15, 0.2) is 0 Å². The lowest BCUT2D eigenvalue weighted by molar-refractivity contribution is 0.181. The second-order valence-corrected chi connectivity index (χ2v) is 5.28. The number of rotatable bonds is 3. The van der Waals surface area contributed by atoms with E-state index in [4.69, 9.17) is 5.26 Å². The van der Waals surface area contributed by atoms with E-state index in [0.717, 1.165) is 19.5 Å². The number of hydrogen-bond donors (Lipinski definition) is 0. The highest BCUT2D eigenvalue weighted by molar-refractivity contribution is 5.30. The summed E-state index contributed by atoms with van der Waals surface area (Å²) in [6.45, 7) is 1.97. The van der Waals surface area contributed by atoms with Crippen molar-refractivity contribution in [2.24, 2.45) is 0 Å². The van der Waals surface area contributed by atoms with Crippen molar-refractivity contribution >= 4 is 0 Å². The van der Waals surface area contributed by atoms with Crippen LogP contribution in [0.15, 0.2) is 54.6 Å². The predicted molar refractivity (Wildman–Crippen MR) is 80.0 cm³/mol. The minimum atomic E-state index is 0.203. The fraction of sp³-hybridized carbons (Fsp3) is 0.278. The van der Waals surface area contributed by atoms with E-state index < -0.39 is 0 Å². The van der Waals surface area contributed by atoms with Crippen molar-refractivity contribution in [1.29, 1.82) is 5.26 Å². The first-order valence-corrected chi connectivity index (χ1v) is 7.11. The van der Waals surface area contributed by atoms with Crippen LogP contribution in [-0.4, -0.2) is 11.4 Å². The molecular weight excluding hydrogens is 244 g/mol.